The van der Waals surface area contributed by atoms with Gasteiger partial charge in [0.05, 0.1) is 10.3 Å². The molecule has 0 saturated heterocycles. The molecule has 0 unspecified atom stereocenters. The molecule has 7 nitrogen and oxygen atoms in total. The number of nitro groups is 1. The third-order valence-electron chi connectivity index (χ3n) is 6.05. The fourth-order valence-electron chi connectivity index (χ4n) is 5.38. The Labute approximate surface area is 145 Å². The lowest BCUT2D eigenvalue weighted by atomic mass is 9.49. The largest absolute Gasteiger partial charge is 0.380 e. The minimum atomic E-state index is -0.502. The number of oxime groups is 1. The van der Waals surface area contributed by atoms with E-state index in [4.69, 9.17) is 10.6 Å². The van der Waals surface area contributed by atoms with Gasteiger partial charge in [0.15, 0.2) is 5.84 Å². The predicted octanol–water partition coefficient (Wildman–Crippen LogP) is 2.97. The number of non-ortho nitro benzene ring substituents is 1. The summed E-state index contributed by atoms with van der Waals surface area (Å²) in [6, 6.07) is 5.82. The number of amidine groups is 1. The molecule has 1 aromatic carbocycles. The summed E-state index contributed by atoms with van der Waals surface area (Å²) in [5.41, 5.74) is 5.74. The summed E-state index contributed by atoms with van der Waals surface area (Å²) < 4.78 is 0. The Morgan fingerprint density at radius 2 is 1.80 bits per heavy atom. The topological polar surface area (TPSA) is 108 Å². The van der Waals surface area contributed by atoms with Gasteiger partial charge in [-0.15, -0.1) is 0 Å². The van der Waals surface area contributed by atoms with Gasteiger partial charge in [-0.25, -0.2) is 4.79 Å². The fraction of sp³-hybridized carbons (Fsp3) is 0.556. The third-order valence-corrected chi connectivity index (χ3v) is 6.05. The third kappa shape index (κ3) is 2.88. The summed E-state index contributed by atoms with van der Waals surface area (Å²) in [4.78, 5) is 28.3. The maximum absolute atomic E-state index is 12.7. The summed E-state index contributed by atoms with van der Waals surface area (Å²) in [6.07, 6.45) is 6.40. The van der Waals surface area contributed by atoms with Crippen LogP contribution in [0.2, 0.25) is 0 Å². The summed E-state index contributed by atoms with van der Waals surface area (Å²) >= 11 is 0. The molecular weight excluding hydrogens is 322 g/mol. The molecule has 4 bridgehead atoms. The Hall–Kier alpha value is -2.44. The number of nitro benzene ring substituents is 1. The number of carbonyl (C=O) groups is 1. The minimum absolute atomic E-state index is 0.0261. The van der Waals surface area contributed by atoms with Gasteiger partial charge < -0.3 is 10.6 Å². The van der Waals surface area contributed by atoms with Crippen LogP contribution in [0, 0.1) is 33.3 Å². The molecule has 7 heteroatoms. The lowest BCUT2D eigenvalue weighted by Gasteiger charge is -2.54. The van der Waals surface area contributed by atoms with E-state index in [-0.39, 0.29) is 17.5 Å². The molecule has 1 aromatic rings. The van der Waals surface area contributed by atoms with Crippen molar-refractivity contribution in [3.8, 4) is 0 Å². The van der Waals surface area contributed by atoms with Crippen LogP contribution in [-0.4, -0.2) is 16.7 Å². The number of nitrogens with zero attached hydrogens (tertiary/aromatic N) is 2. The Kier molecular flexibility index (Phi) is 3.74. The lowest BCUT2D eigenvalue weighted by molar-refractivity contribution is -0.384. The van der Waals surface area contributed by atoms with Gasteiger partial charge in [0.25, 0.3) is 5.69 Å². The molecule has 0 heterocycles. The van der Waals surface area contributed by atoms with E-state index >= 15 is 0 Å². The van der Waals surface area contributed by atoms with E-state index in [9.17, 15) is 14.9 Å². The Morgan fingerprint density at radius 3 is 2.36 bits per heavy atom. The van der Waals surface area contributed by atoms with Crippen molar-refractivity contribution in [2.24, 2.45) is 34.1 Å². The molecule has 2 N–H and O–H groups in total. The maximum Gasteiger partial charge on any atom is 0.341 e. The lowest BCUT2D eigenvalue weighted by Crippen LogP contribution is -2.50. The highest BCUT2D eigenvalue weighted by Crippen LogP contribution is 2.60. The molecule has 4 aliphatic carbocycles. The standard InChI is InChI=1S/C18H21N3O4/c19-16(14-2-1-3-15(7-14)21(23)24)20-25-17(22)18-8-11-4-12(9-18)6-13(5-11)10-18/h1-3,7,11-13H,4-6,8-10H2,(H2,19,20). The van der Waals surface area contributed by atoms with Crippen molar-refractivity contribution >= 4 is 17.5 Å². The van der Waals surface area contributed by atoms with Crippen LogP contribution >= 0.6 is 0 Å². The first kappa shape index (κ1) is 16.1. The van der Waals surface area contributed by atoms with E-state index < -0.39 is 10.3 Å². The van der Waals surface area contributed by atoms with Gasteiger partial charge in [0, 0.05) is 17.7 Å². The Bertz CT molecular complexity index is 723. The zero-order chi connectivity index (χ0) is 17.6. The summed E-state index contributed by atoms with van der Waals surface area (Å²) in [5, 5.41) is 14.6. The molecule has 132 valence electrons. The highest BCUT2D eigenvalue weighted by atomic mass is 16.7. The average Bonchev–Trinajstić information content (AvgIpc) is 2.58. The van der Waals surface area contributed by atoms with Gasteiger partial charge in [-0.1, -0.05) is 17.3 Å². The second kappa shape index (κ2) is 5.82. The van der Waals surface area contributed by atoms with Crippen LogP contribution in [0.1, 0.15) is 44.1 Å². The normalized spacial score (nSPS) is 33.3. The molecule has 4 fully saturated rings. The Morgan fingerprint density at radius 1 is 1.20 bits per heavy atom. The number of carbonyl (C=O) groups excluding carboxylic acids is 1. The first-order chi connectivity index (χ1) is 11.9. The van der Waals surface area contributed by atoms with Crippen LogP contribution in [0.3, 0.4) is 0 Å². The molecule has 25 heavy (non-hydrogen) atoms. The zero-order valence-electron chi connectivity index (χ0n) is 13.9. The summed E-state index contributed by atoms with van der Waals surface area (Å²) in [7, 11) is 0. The fourth-order valence-corrected chi connectivity index (χ4v) is 5.38. The van der Waals surface area contributed by atoms with Crippen LogP contribution < -0.4 is 5.73 Å². The molecule has 0 aromatic heterocycles. The van der Waals surface area contributed by atoms with Crippen molar-refractivity contribution in [2.45, 2.75) is 38.5 Å². The van der Waals surface area contributed by atoms with Gasteiger partial charge >= 0.3 is 5.97 Å². The van der Waals surface area contributed by atoms with Crippen LogP contribution in [-0.2, 0) is 9.63 Å². The molecule has 0 spiro atoms. The van der Waals surface area contributed by atoms with E-state index in [0.29, 0.717) is 23.3 Å². The van der Waals surface area contributed by atoms with Crippen molar-refractivity contribution in [1.29, 1.82) is 0 Å². The molecule has 5 rings (SSSR count). The van der Waals surface area contributed by atoms with Crippen molar-refractivity contribution in [1.82, 2.24) is 0 Å². The van der Waals surface area contributed by atoms with Crippen LogP contribution in [0.5, 0.6) is 0 Å². The second-order valence-corrected chi connectivity index (χ2v) is 7.86. The van der Waals surface area contributed by atoms with Crippen molar-refractivity contribution in [3.05, 3.63) is 39.9 Å². The molecule has 0 amide bonds. The first-order valence-electron chi connectivity index (χ1n) is 8.75. The minimum Gasteiger partial charge on any atom is -0.380 e. The van der Waals surface area contributed by atoms with E-state index in [1.165, 1.54) is 37.5 Å². The monoisotopic (exact) mass is 343 g/mol. The molecule has 4 saturated carbocycles. The number of benzene rings is 1. The first-order valence-corrected chi connectivity index (χ1v) is 8.75. The van der Waals surface area contributed by atoms with Crippen molar-refractivity contribution in [2.75, 3.05) is 0 Å². The van der Waals surface area contributed by atoms with Crippen molar-refractivity contribution < 1.29 is 14.6 Å². The molecule has 0 aliphatic heterocycles. The van der Waals surface area contributed by atoms with E-state index in [1.54, 1.807) is 6.07 Å². The summed E-state index contributed by atoms with van der Waals surface area (Å²) in [6.45, 7) is 0. The molecule has 4 aliphatic rings. The summed E-state index contributed by atoms with van der Waals surface area (Å²) in [5.74, 6) is 1.59. The highest BCUT2D eigenvalue weighted by Gasteiger charge is 2.55. The van der Waals surface area contributed by atoms with Gasteiger partial charge in [0.1, 0.15) is 0 Å². The van der Waals surface area contributed by atoms with Gasteiger partial charge in [-0.3, -0.25) is 10.1 Å². The van der Waals surface area contributed by atoms with Crippen molar-refractivity contribution in [3.63, 3.8) is 0 Å². The molecule has 0 atom stereocenters. The number of hydrogen-bond acceptors (Lipinski definition) is 5. The van der Waals surface area contributed by atoms with Gasteiger partial charge in [-0.05, 0) is 56.3 Å². The number of rotatable bonds is 4. The van der Waals surface area contributed by atoms with E-state index in [0.717, 1.165) is 19.3 Å². The van der Waals surface area contributed by atoms with Gasteiger partial charge in [-0.2, -0.15) is 0 Å². The number of hydrogen-bond donors (Lipinski definition) is 1. The quantitative estimate of drug-likeness (QED) is 0.297. The van der Waals surface area contributed by atoms with Gasteiger partial charge in [0.2, 0.25) is 0 Å². The highest BCUT2D eigenvalue weighted by molar-refractivity contribution is 5.98. The smallest absolute Gasteiger partial charge is 0.341 e. The molecular formula is C18H21N3O4. The van der Waals surface area contributed by atoms with Crippen LogP contribution in [0.15, 0.2) is 29.4 Å². The van der Waals surface area contributed by atoms with E-state index in [2.05, 4.69) is 5.16 Å². The maximum atomic E-state index is 12.7. The number of nitrogens with two attached hydrogens (primary N) is 1. The average molecular weight is 343 g/mol. The second-order valence-electron chi connectivity index (χ2n) is 7.86. The SMILES string of the molecule is N/C(=N\OC(=O)C12CC3CC(CC(C3)C1)C2)c1cccc([N+](=O)[O-])c1. The van der Waals surface area contributed by atoms with Crippen LogP contribution in [0.4, 0.5) is 5.69 Å². The van der Waals surface area contributed by atoms with Crippen LogP contribution in [0.25, 0.3) is 0 Å². The Balaban J connectivity index is 1.49. The zero-order valence-corrected chi connectivity index (χ0v) is 13.9. The van der Waals surface area contributed by atoms with E-state index in [1.807, 2.05) is 0 Å². The predicted molar refractivity (Wildman–Crippen MR) is 90.5 cm³/mol. The molecule has 0 radical (unpaired) electrons.